The molecule has 3 atom stereocenters. The van der Waals surface area contributed by atoms with Gasteiger partial charge in [-0.2, -0.15) is 0 Å². The average molecular weight is 795 g/mol. The lowest BCUT2D eigenvalue weighted by molar-refractivity contribution is -0.120. The molecule has 1 heterocycles. The maximum Gasteiger partial charge on any atom is 0.408 e. The minimum atomic E-state index is -1.20. The van der Waals surface area contributed by atoms with Crippen molar-refractivity contribution in [3.05, 3.63) is 186 Å². The van der Waals surface area contributed by atoms with Crippen LogP contribution in [0, 0.1) is 5.92 Å². The number of hydrogen-bond donors (Lipinski definition) is 4. The van der Waals surface area contributed by atoms with Gasteiger partial charge in [0, 0.05) is 53.0 Å². The van der Waals surface area contributed by atoms with E-state index in [4.69, 9.17) is 0 Å². The minimum absolute atomic E-state index is 0.0757. The first-order chi connectivity index (χ1) is 29.2. The largest absolute Gasteiger partial charge is 0.465 e. The molecule has 4 amide bonds. The molecule has 2 aliphatic rings. The Kier molecular flexibility index (Phi) is 11.4. The van der Waals surface area contributed by atoms with Crippen molar-refractivity contribution in [2.24, 2.45) is 5.92 Å². The molecule has 300 valence electrons. The lowest BCUT2D eigenvalue weighted by atomic mass is 9.82. The number of fused-ring (bicyclic) bond motifs is 4. The van der Waals surface area contributed by atoms with Crippen molar-refractivity contribution < 1.29 is 24.3 Å². The average Bonchev–Trinajstić information content (AvgIpc) is 3.59. The number of carbonyl (C=O) groups excluding carboxylic acids is 3. The summed E-state index contributed by atoms with van der Waals surface area (Å²) in [6.45, 7) is 4.18. The number of hydrogen-bond acceptors (Lipinski definition) is 4. The summed E-state index contributed by atoms with van der Waals surface area (Å²) in [6, 6.07) is 46.0. The van der Waals surface area contributed by atoms with E-state index in [9.17, 15) is 24.3 Å². The lowest BCUT2D eigenvalue weighted by Gasteiger charge is -2.32. The molecule has 0 spiro atoms. The van der Waals surface area contributed by atoms with Crippen LogP contribution in [-0.4, -0.2) is 52.4 Å². The molecule has 0 bridgehead atoms. The molecule has 0 saturated heterocycles. The van der Waals surface area contributed by atoms with Crippen molar-refractivity contribution in [2.45, 2.75) is 44.7 Å². The van der Waals surface area contributed by atoms with Crippen LogP contribution < -0.4 is 16.0 Å². The summed E-state index contributed by atoms with van der Waals surface area (Å²) in [6.07, 6.45) is 1.32. The highest BCUT2D eigenvalue weighted by atomic mass is 16.4. The van der Waals surface area contributed by atoms with Crippen LogP contribution in [-0.2, 0) is 16.0 Å². The van der Waals surface area contributed by atoms with Crippen LogP contribution in [0.3, 0.4) is 0 Å². The third kappa shape index (κ3) is 7.94. The van der Waals surface area contributed by atoms with E-state index in [0.717, 1.165) is 45.4 Å². The third-order valence-electron chi connectivity index (χ3n) is 11.8. The van der Waals surface area contributed by atoms with E-state index in [0.29, 0.717) is 28.1 Å². The van der Waals surface area contributed by atoms with E-state index in [1.165, 1.54) is 4.90 Å². The zero-order valence-electron chi connectivity index (χ0n) is 33.5. The highest BCUT2D eigenvalue weighted by Crippen LogP contribution is 2.45. The Morgan fingerprint density at radius 2 is 1.17 bits per heavy atom. The molecule has 3 unspecified atom stereocenters. The van der Waals surface area contributed by atoms with Gasteiger partial charge in [0.1, 0.15) is 6.04 Å². The maximum atomic E-state index is 14.7. The van der Waals surface area contributed by atoms with Crippen molar-refractivity contribution in [3.8, 4) is 22.3 Å². The first kappa shape index (κ1) is 39.6. The molecule has 60 heavy (non-hydrogen) atoms. The predicted octanol–water partition coefficient (Wildman–Crippen LogP) is 9.88. The molecule has 9 heteroatoms. The molecule has 8 rings (SSSR count). The molecule has 0 fully saturated rings. The Hall–Kier alpha value is -7.26. The second kappa shape index (κ2) is 17.3. The lowest BCUT2D eigenvalue weighted by Crippen LogP contribution is -2.49. The first-order valence-corrected chi connectivity index (χ1v) is 20.4. The van der Waals surface area contributed by atoms with Gasteiger partial charge in [-0.05, 0) is 63.1 Å². The maximum absolute atomic E-state index is 14.7. The highest BCUT2D eigenvalue weighted by molar-refractivity contribution is 6.11. The van der Waals surface area contributed by atoms with E-state index in [1.807, 2.05) is 121 Å². The summed E-state index contributed by atoms with van der Waals surface area (Å²) in [5.41, 5.74) is 9.25. The van der Waals surface area contributed by atoms with Crippen molar-refractivity contribution in [1.82, 2.24) is 10.2 Å². The molecule has 6 aromatic carbocycles. The van der Waals surface area contributed by atoms with Gasteiger partial charge in [-0.3, -0.25) is 19.3 Å². The number of benzene rings is 6. The third-order valence-corrected chi connectivity index (χ3v) is 11.8. The normalized spacial score (nSPS) is 15.8. The second-order valence-corrected chi connectivity index (χ2v) is 15.4. The van der Waals surface area contributed by atoms with Crippen LogP contribution in [0.4, 0.5) is 16.2 Å². The second-order valence-electron chi connectivity index (χ2n) is 15.4. The smallest absolute Gasteiger partial charge is 0.408 e. The minimum Gasteiger partial charge on any atom is -0.465 e. The number of carbonyl (C=O) groups is 4. The summed E-state index contributed by atoms with van der Waals surface area (Å²) in [4.78, 5) is 56.3. The standard InChI is InChI=1S/C51H46N4O5/c1-3-32(2)48-42(38-23-11-12-26-41(38)49(57)54-48)30-47(56)52-44-27-15-13-24-39(44)40-25-14-16-28-45(40)53-50(58)46(29-33-17-5-4-6-18-33)55(51(59)60)31-43-36-21-9-7-19-34(36)35-20-8-10-22-37(35)43/h4-28,30,32,43,46,48H,3,29,31H2,1-2H3,(H,52,56)(H,53,58)(H,54,57)(H,59,60). The Morgan fingerprint density at radius 3 is 1.75 bits per heavy atom. The number of nitrogens with zero attached hydrogens (tertiary/aromatic N) is 1. The highest BCUT2D eigenvalue weighted by Gasteiger charge is 2.37. The fourth-order valence-electron chi connectivity index (χ4n) is 8.60. The fourth-order valence-corrected chi connectivity index (χ4v) is 8.60. The van der Waals surface area contributed by atoms with E-state index in [-0.39, 0.29) is 42.7 Å². The number of carboxylic acid groups (broad SMARTS) is 1. The SMILES string of the molecule is CCC(C)C1NC(=O)c2ccccc2C1=CC(=O)Nc1ccccc1-c1ccccc1NC(=O)C(Cc1ccccc1)N(CC1c2ccccc2-c2ccccc21)C(=O)O. The van der Waals surface area contributed by atoms with Crippen molar-refractivity contribution in [1.29, 1.82) is 0 Å². The van der Waals surface area contributed by atoms with Gasteiger partial charge in [0.2, 0.25) is 11.8 Å². The van der Waals surface area contributed by atoms with Crippen molar-refractivity contribution in [2.75, 3.05) is 17.2 Å². The number of nitrogens with one attached hydrogen (secondary N) is 3. The zero-order valence-corrected chi connectivity index (χ0v) is 33.5. The van der Waals surface area contributed by atoms with Crippen molar-refractivity contribution in [3.63, 3.8) is 0 Å². The predicted molar refractivity (Wildman–Crippen MR) is 237 cm³/mol. The molecular weight excluding hydrogens is 749 g/mol. The van der Waals surface area contributed by atoms with E-state index in [1.54, 1.807) is 24.3 Å². The first-order valence-electron chi connectivity index (χ1n) is 20.4. The zero-order chi connectivity index (χ0) is 41.8. The van der Waals surface area contributed by atoms with Gasteiger partial charge in [-0.25, -0.2) is 4.79 Å². The van der Waals surface area contributed by atoms with Gasteiger partial charge in [0.05, 0.1) is 6.04 Å². The summed E-state index contributed by atoms with van der Waals surface area (Å²) in [5.74, 6) is -1.20. The molecule has 0 radical (unpaired) electrons. The van der Waals surface area contributed by atoms with Crippen molar-refractivity contribution >= 4 is 40.8 Å². The van der Waals surface area contributed by atoms with E-state index >= 15 is 0 Å². The van der Waals surface area contributed by atoms with Gasteiger partial charge < -0.3 is 21.1 Å². The van der Waals surface area contributed by atoms with Gasteiger partial charge >= 0.3 is 6.09 Å². The van der Waals surface area contributed by atoms with Crippen LogP contribution >= 0.6 is 0 Å². The van der Waals surface area contributed by atoms with Crippen LogP contribution in [0.1, 0.15) is 58.8 Å². The van der Waals surface area contributed by atoms with E-state index < -0.39 is 18.0 Å². The monoisotopic (exact) mass is 794 g/mol. The topological polar surface area (TPSA) is 128 Å². The van der Waals surface area contributed by atoms with E-state index in [2.05, 4.69) is 41.9 Å². The summed E-state index contributed by atoms with van der Waals surface area (Å²) < 4.78 is 0. The van der Waals surface area contributed by atoms with Crippen LogP contribution in [0.25, 0.3) is 27.8 Å². The summed E-state index contributed by atoms with van der Waals surface area (Å²) in [7, 11) is 0. The quantitative estimate of drug-likeness (QED) is 0.0918. The van der Waals surface area contributed by atoms with Crippen LogP contribution in [0.5, 0.6) is 0 Å². The van der Waals surface area contributed by atoms with Gasteiger partial charge in [0.15, 0.2) is 0 Å². The Morgan fingerprint density at radius 1 is 0.667 bits per heavy atom. The molecule has 1 aliphatic heterocycles. The van der Waals surface area contributed by atoms with Crippen LogP contribution in [0.15, 0.2) is 158 Å². The molecular formula is C51H46N4O5. The number of anilines is 2. The number of rotatable bonds is 12. The Labute approximate surface area is 349 Å². The molecule has 1 aliphatic carbocycles. The molecule has 0 saturated carbocycles. The Balaban J connectivity index is 1.11. The molecule has 4 N–H and O–H groups in total. The summed E-state index contributed by atoms with van der Waals surface area (Å²) >= 11 is 0. The molecule has 0 aromatic heterocycles. The van der Waals surface area contributed by atoms with Gasteiger partial charge in [-0.15, -0.1) is 0 Å². The molecule has 9 nitrogen and oxygen atoms in total. The summed E-state index contributed by atoms with van der Waals surface area (Å²) in [5, 5.41) is 20.2. The fraction of sp³-hybridized carbons (Fsp3) is 0.176. The number of amides is 4. The Bertz CT molecular complexity index is 2570. The van der Waals surface area contributed by atoms with Crippen LogP contribution in [0.2, 0.25) is 0 Å². The van der Waals surface area contributed by atoms with Gasteiger partial charge in [0.25, 0.3) is 5.91 Å². The molecule has 6 aromatic rings. The number of para-hydroxylation sites is 2. The van der Waals surface area contributed by atoms with Gasteiger partial charge in [-0.1, -0.05) is 154 Å².